The second kappa shape index (κ2) is 5.75. The molecule has 1 heterocycles. The SMILES string of the molecule is CCC(C)CCCc1oc(=O)oc1CO. The van der Waals surface area contributed by atoms with Crippen molar-refractivity contribution in [3.05, 3.63) is 22.1 Å². The van der Waals surface area contributed by atoms with Gasteiger partial charge in [0.15, 0.2) is 11.5 Å². The summed E-state index contributed by atoms with van der Waals surface area (Å²) in [4.78, 5) is 10.8. The van der Waals surface area contributed by atoms with Crippen molar-refractivity contribution in [1.29, 1.82) is 0 Å². The van der Waals surface area contributed by atoms with E-state index in [-0.39, 0.29) is 12.4 Å². The van der Waals surface area contributed by atoms with Gasteiger partial charge >= 0.3 is 5.82 Å². The molecular weight excluding hydrogens is 196 g/mol. The van der Waals surface area contributed by atoms with Crippen molar-refractivity contribution in [2.45, 2.75) is 46.1 Å². The summed E-state index contributed by atoms with van der Waals surface area (Å²) < 4.78 is 9.51. The average molecular weight is 214 g/mol. The molecule has 0 aliphatic carbocycles. The van der Waals surface area contributed by atoms with Crippen molar-refractivity contribution in [2.24, 2.45) is 5.92 Å². The molecule has 4 heteroatoms. The molecule has 0 spiro atoms. The molecule has 0 radical (unpaired) electrons. The summed E-state index contributed by atoms with van der Waals surface area (Å²) in [7, 11) is 0. The van der Waals surface area contributed by atoms with Gasteiger partial charge in [-0.15, -0.1) is 0 Å². The Morgan fingerprint density at radius 2 is 2.00 bits per heavy atom. The summed E-state index contributed by atoms with van der Waals surface area (Å²) >= 11 is 0. The van der Waals surface area contributed by atoms with Gasteiger partial charge in [-0.25, -0.2) is 4.79 Å². The molecule has 0 amide bonds. The lowest BCUT2D eigenvalue weighted by Gasteiger charge is -2.06. The summed E-state index contributed by atoms with van der Waals surface area (Å²) in [5, 5.41) is 8.89. The van der Waals surface area contributed by atoms with E-state index in [0.717, 1.165) is 19.3 Å². The molecule has 0 bridgehead atoms. The third-order valence-corrected chi connectivity index (χ3v) is 2.67. The minimum absolute atomic E-state index is 0.268. The van der Waals surface area contributed by atoms with E-state index >= 15 is 0 Å². The van der Waals surface area contributed by atoms with E-state index in [2.05, 4.69) is 18.3 Å². The third-order valence-electron chi connectivity index (χ3n) is 2.67. The van der Waals surface area contributed by atoms with Gasteiger partial charge in [0.1, 0.15) is 6.61 Å². The van der Waals surface area contributed by atoms with Crippen molar-refractivity contribution in [1.82, 2.24) is 0 Å². The summed E-state index contributed by atoms with van der Waals surface area (Å²) in [6, 6.07) is 0. The zero-order chi connectivity index (χ0) is 11.3. The first-order valence-corrected chi connectivity index (χ1v) is 5.39. The first kappa shape index (κ1) is 12.0. The molecule has 4 nitrogen and oxygen atoms in total. The predicted octanol–water partition coefficient (Wildman–Crippen LogP) is 2.09. The largest absolute Gasteiger partial charge is 0.519 e. The van der Waals surface area contributed by atoms with Crippen LogP contribution in [0.3, 0.4) is 0 Å². The van der Waals surface area contributed by atoms with Crippen LogP contribution in [-0.4, -0.2) is 5.11 Å². The topological polar surface area (TPSA) is 63.6 Å². The lowest BCUT2D eigenvalue weighted by atomic mass is 10.0. The maximum absolute atomic E-state index is 10.8. The first-order valence-electron chi connectivity index (χ1n) is 5.39. The normalized spacial score (nSPS) is 13.0. The number of rotatable bonds is 6. The summed E-state index contributed by atoms with van der Waals surface area (Å²) in [5.74, 6) is 0.716. The quantitative estimate of drug-likeness (QED) is 0.787. The molecule has 0 aliphatic heterocycles. The predicted molar refractivity (Wildman–Crippen MR) is 55.6 cm³/mol. The molecule has 0 aliphatic rings. The fourth-order valence-electron chi connectivity index (χ4n) is 1.46. The number of aliphatic hydroxyl groups is 1. The minimum Gasteiger partial charge on any atom is -0.396 e. The lowest BCUT2D eigenvalue weighted by molar-refractivity contribution is 0.240. The smallest absolute Gasteiger partial charge is 0.396 e. The van der Waals surface area contributed by atoms with Gasteiger partial charge in [0.2, 0.25) is 0 Å². The third kappa shape index (κ3) is 3.55. The second-order valence-corrected chi connectivity index (χ2v) is 3.86. The van der Waals surface area contributed by atoms with E-state index in [1.165, 1.54) is 0 Å². The van der Waals surface area contributed by atoms with Gasteiger partial charge in [0.25, 0.3) is 0 Å². The molecule has 1 aromatic rings. The van der Waals surface area contributed by atoms with E-state index in [4.69, 9.17) is 9.52 Å². The molecule has 1 N–H and O–H groups in total. The summed E-state index contributed by atoms with van der Waals surface area (Å²) in [6.45, 7) is 4.07. The van der Waals surface area contributed by atoms with Crippen LogP contribution in [0.15, 0.2) is 13.6 Å². The molecule has 0 aromatic carbocycles. The van der Waals surface area contributed by atoms with Gasteiger partial charge in [-0.1, -0.05) is 26.7 Å². The van der Waals surface area contributed by atoms with Gasteiger partial charge in [0, 0.05) is 6.42 Å². The summed E-state index contributed by atoms with van der Waals surface area (Å²) in [6.07, 6.45) is 3.86. The molecule has 1 unspecified atom stereocenters. The Balaban J connectivity index is 2.46. The summed E-state index contributed by atoms with van der Waals surface area (Å²) in [5.41, 5.74) is 0. The second-order valence-electron chi connectivity index (χ2n) is 3.86. The Kier molecular flexibility index (Phi) is 4.62. The van der Waals surface area contributed by atoms with Crippen molar-refractivity contribution < 1.29 is 13.9 Å². The van der Waals surface area contributed by atoms with Crippen LogP contribution in [0.1, 0.15) is 44.6 Å². The van der Waals surface area contributed by atoms with Crippen LogP contribution in [-0.2, 0) is 13.0 Å². The molecule has 0 fully saturated rings. The van der Waals surface area contributed by atoms with Crippen molar-refractivity contribution in [2.75, 3.05) is 0 Å². The van der Waals surface area contributed by atoms with Gasteiger partial charge in [-0.3, -0.25) is 0 Å². The fraction of sp³-hybridized carbons (Fsp3) is 0.727. The Labute approximate surface area is 88.9 Å². The van der Waals surface area contributed by atoms with E-state index < -0.39 is 5.82 Å². The Hall–Kier alpha value is -1.03. The highest BCUT2D eigenvalue weighted by atomic mass is 16.6. The molecule has 86 valence electrons. The van der Waals surface area contributed by atoms with Crippen molar-refractivity contribution in [3.63, 3.8) is 0 Å². The number of hydrogen-bond acceptors (Lipinski definition) is 4. The molecular formula is C11H18O4. The minimum atomic E-state index is -0.724. The van der Waals surface area contributed by atoms with Gasteiger partial charge in [0.05, 0.1) is 0 Å². The van der Waals surface area contributed by atoms with Crippen LogP contribution >= 0.6 is 0 Å². The van der Waals surface area contributed by atoms with E-state index in [1.54, 1.807) is 0 Å². The van der Waals surface area contributed by atoms with Gasteiger partial charge in [-0.2, -0.15) is 0 Å². The van der Waals surface area contributed by atoms with Crippen LogP contribution in [0.2, 0.25) is 0 Å². The molecule has 1 rings (SSSR count). The fourth-order valence-corrected chi connectivity index (χ4v) is 1.46. The van der Waals surface area contributed by atoms with Crippen LogP contribution in [0.4, 0.5) is 0 Å². The molecule has 15 heavy (non-hydrogen) atoms. The molecule has 0 saturated carbocycles. The van der Waals surface area contributed by atoms with E-state index in [1.807, 2.05) is 0 Å². The van der Waals surface area contributed by atoms with Crippen LogP contribution < -0.4 is 5.82 Å². The highest BCUT2D eigenvalue weighted by Gasteiger charge is 2.11. The Morgan fingerprint density at radius 1 is 1.33 bits per heavy atom. The van der Waals surface area contributed by atoms with Gasteiger partial charge < -0.3 is 13.9 Å². The van der Waals surface area contributed by atoms with Crippen molar-refractivity contribution >= 4 is 0 Å². The molecule has 0 saturated heterocycles. The van der Waals surface area contributed by atoms with Crippen molar-refractivity contribution in [3.8, 4) is 0 Å². The zero-order valence-corrected chi connectivity index (χ0v) is 9.28. The van der Waals surface area contributed by atoms with E-state index in [0.29, 0.717) is 18.1 Å². The molecule has 1 atom stereocenters. The Morgan fingerprint density at radius 3 is 2.60 bits per heavy atom. The van der Waals surface area contributed by atoms with Gasteiger partial charge in [-0.05, 0) is 12.3 Å². The van der Waals surface area contributed by atoms with Crippen LogP contribution in [0.25, 0.3) is 0 Å². The van der Waals surface area contributed by atoms with Crippen LogP contribution in [0.5, 0.6) is 0 Å². The number of aryl methyl sites for hydroxylation is 1. The van der Waals surface area contributed by atoms with Crippen LogP contribution in [0, 0.1) is 5.92 Å². The standard InChI is InChI=1S/C11H18O4/c1-3-8(2)5-4-6-9-10(7-12)15-11(13)14-9/h8,12H,3-7H2,1-2H3. The lowest BCUT2D eigenvalue weighted by Crippen LogP contribution is -1.95. The number of hydrogen-bond donors (Lipinski definition) is 1. The molecule has 1 aromatic heterocycles. The maximum atomic E-state index is 10.8. The Bertz CT molecular complexity index is 337. The highest BCUT2D eigenvalue weighted by Crippen LogP contribution is 2.15. The zero-order valence-electron chi connectivity index (χ0n) is 9.28. The number of aliphatic hydroxyl groups excluding tert-OH is 1. The monoisotopic (exact) mass is 214 g/mol. The first-order chi connectivity index (χ1) is 7.17. The maximum Gasteiger partial charge on any atom is 0.519 e. The average Bonchev–Trinajstić information content (AvgIpc) is 2.58. The highest BCUT2D eigenvalue weighted by molar-refractivity contribution is 5.01. The van der Waals surface area contributed by atoms with E-state index in [9.17, 15) is 4.79 Å².